The minimum atomic E-state index is -0.482. The van der Waals surface area contributed by atoms with Crippen LogP contribution in [0.4, 0.5) is 4.79 Å². The highest BCUT2D eigenvalue weighted by atomic mass is 32.2. The Bertz CT molecular complexity index is 361. The lowest BCUT2D eigenvalue weighted by molar-refractivity contribution is -0.123. The molecule has 0 saturated carbocycles. The molecule has 1 fully saturated rings. The first-order valence-corrected chi connectivity index (χ1v) is 8.22. The van der Waals surface area contributed by atoms with Crippen molar-refractivity contribution in [3.8, 4) is 0 Å². The monoisotopic (exact) mass is 317 g/mol. The van der Waals surface area contributed by atoms with Gasteiger partial charge in [0.2, 0.25) is 0 Å². The quantitative estimate of drug-likeness (QED) is 0.593. The SMILES string of the molecule is CC(N)SNCC(=O)C1CCN(C(=O)OC(C)(C)C)CC1. The van der Waals surface area contributed by atoms with Crippen LogP contribution in [-0.4, -0.2) is 47.4 Å². The van der Waals surface area contributed by atoms with Gasteiger partial charge in [-0.25, -0.2) is 4.79 Å². The number of rotatable bonds is 5. The van der Waals surface area contributed by atoms with Crippen molar-refractivity contribution in [3.63, 3.8) is 0 Å². The number of Topliss-reactive ketones (excluding diaryl/α,β-unsaturated/α-hetero) is 1. The third-order valence-corrected chi connectivity index (χ3v) is 3.80. The molecule has 0 aliphatic carbocycles. The maximum atomic E-state index is 12.0. The van der Waals surface area contributed by atoms with E-state index in [4.69, 9.17) is 10.5 Å². The number of likely N-dealkylation sites (tertiary alicyclic amines) is 1. The lowest BCUT2D eigenvalue weighted by Crippen LogP contribution is -2.43. The number of hydrogen-bond donors (Lipinski definition) is 2. The van der Waals surface area contributed by atoms with Gasteiger partial charge >= 0.3 is 6.09 Å². The van der Waals surface area contributed by atoms with Crippen molar-refractivity contribution in [1.29, 1.82) is 0 Å². The molecule has 0 aromatic carbocycles. The first-order valence-electron chi connectivity index (χ1n) is 7.34. The molecule has 21 heavy (non-hydrogen) atoms. The van der Waals surface area contributed by atoms with Crippen molar-refractivity contribution < 1.29 is 14.3 Å². The smallest absolute Gasteiger partial charge is 0.410 e. The topological polar surface area (TPSA) is 84.7 Å². The summed E-state index contributed by atoms with van der Waals surface area (Å²) >= 11 is 1.36. The fourth-order valence-electron chi connectivity index (χ4n) is 2.10. The second-order valence-corrected chi connectivity index (χ2v) is 7.62. The summed E-state index contributed by atoms with van der Waals surface area (Å²) in [6, 6.07) is 0. The van der Waals surface area contributed by atoms with Crippen LogP contribution in [0.2, 0.25) is 0 Å². The summed E-state index contributed by atoms with van der Waals surface area (Å²) in [5.41, 5.74) is 5.11. The van der Waals surface area contributed by atoms with E-state index in [0.29, 0.717) is 32.5 Å². The number of nitrogens with one attached hydrogen (secondary N) is 1. The third-order valence-electron chi connectivity index (χ3n) is 3.12. The van der Waals surface area contributed by atoms with E-state index in [-0.39, 0.29) is 23.2 Å². The van der Waals surface area contributed by atoms with E-state index in [0.717, 1.165) is 0 Å². The van der Waals surface area contributed by atoms with Crippen LogP contribution in [0.3, 0.4) is 0 Å². The van der Waals surface area contributed by atoms with Crippen molar-refractivity contribution in [2.45, 2.75) is 51.5 Å². The van der Waals surface area contributed by atoms with E-state index in [9.17, 15) is 9.59 Å². The van der Waals surface area contributed by atoms with Gasteiger partial charge in [0.05, 0.1) is 11.9 Å². The fourth-order valence-corrected chi connectivity index (χ4v) is 2.59. The molecule has 1 aliphatic rings. The van der Waals surface area contributed by atoms with Crippen LogP contribution >= 0.6 is 11.9 Å². The van der Waals surface area contributed by atoms with Gasteiger partial charge in [-0.05, 0) is 40.5 Å². The molecule has 6 nitrogen and oxygen atoms in total. The van der Waals surface area contributed by atoms with E-state index < -0.39 is 5.60 Å². The van der Waals surface area contributed by atoms with Crippen LogP contribution in [0.15, 0.2) is 0 Å². The zero-order valence-electron chi connectivity index (χ0n) is 13.3. The van der Waals surface area contributed by atoms with Crippen LogP contribution in [0, 0.1) is 5.92 Å². The summed E-state index contributed by atoms with van der Waals surface area (Å²) < 4.78 is 8.32. The molecule has 0 aromatic heterocycles. The van der Waals surface area contributed by atoms with Gasteiger partial charge in [-0.2, -0.15) is 0 Å². The average Bonchev–Trinajstić information content (AvgIpc) is 2.36. The van der Waals surface area contributed by atoms with Gasteiger partial charge < -0.3 is 15.4 Å². The molecule has 0 spiro atoms. The van der Waals surface area contributed by atoms with Crippen LogP contribution < -0.4 is 10.5 Å². The first kappa shape index (κ1) is 18.3. The molecule has 1 atom stereocenters. The number of amides is 1. The average molecular weight is 317 g/mol. The number of nitrogens with two attached hydrogens (primary N) is 1. The molecule has 1 amide bonds. The van der Waals surface area contributed by atoms with Gasteiger partial charge in [-0.3, -0.25) is 9.52 Å². The molecular weight excluding hydrogens is 290 g/mol. The highest BCUT2D eigenvalue weighted by Gasteiger charge is 2.29. The Kier molecular flexibility index (Phi) is 6.96. The van der Waals surface area contributed by atoms with Gasteiger partial charge in [0.25, 0.3) is 0 Å². The molecule has 1 aliphatic heterocycles. The summed E-state index contributed by atoms with van der Waals surface area (Å²) in [6.45, 7) is 8.89. The molecule has 1 saturated heterocycles. The molecule has 0 aromatic rings. The van der Waals surface area contributed by atoms with Gasteiger partial charge in [-0.1, -0.05) is 11.9 Å². The number of carbonyl (C=O) groups excluding carboxylic acids is 2. The number of hydrogen-bond acceptors (Lipinski definition) is 6. The number of ketones is 1. The summed E-state index contributed by atoms with van der Waals surface area (Å²) in [7, 11) is 0. The Morgan fingerprint density at radius 2 is 1.95 bits per heavy atom. The van der Waals surface area contributed by atoms with Crippen molar-refractivity contribution in [2.75, 3.05) is 19.6 Å². The second kappa shape index (κ2) is 8.00. The lowest BCUT2D eigenvalue weighted by atomic mass is 9.93. The molecule has 1 unspecified atom stereocenters. The molecule has 1 heterocycles. The van der Waals surface area contributed by atoms with Gasteiger partial charge in [0.15, 0.2) is 5.78 Å². The molecule has 122 valence electrons. The Morgan fingerprint density at radius 3 is 2.43 bits per heavy atom. The van der Waals surface area contributed by atoms with Crippen LogP contribution in [0.5, 0.6) is 0 Å². The number of nitrogens with zero attached hydrogens (tertiary/aromatic N) is 1. The fraction of sp³-hybridized carbons (Fsp3) is 0.857. The number of carbonyl (C=O) groups is 2. The Morgan fingerprint density at radius 1 is 1.38 bits per heavy atom. The summed E-state index contributed by atoms with van der Waals surface area (Å²) in [4.78, 5) is 25.6. The van der Waals surface area contributed by atoms with Crippen molar-refractivity contribution >= 4 is 23.8 Å². The Labute approximate surface area is 131 Å². The van der Waals surface area contributed by atoms with Gasteiger partial charge in [-0.15, -0.1) is 0 Å². The number of piperidine rings is 1. The zero-order chi connectivity index (χ0) is 16.0. The minimum Gasteiger partial charge on any atom is -0.444 e. The van der Waals surface area contributed by atoms with Crippen LogP contribution in [0.25, 0.3) is 0 Å². The zero-order valence-corrected chi connectivity index (χ0v) is 14.2. The maximum absolute atomic E-state index is 12.0. The van der Waals surface area contributed by atoms with Crippen molar-refractivity contribution in [1.82, 2.24) is 9.62 Å². The normalized spacial score (nSPS) is 18.4. The standard InChI is InChI=1S/C14H27N3O3S/c1-10(15)21-16-9-12(18)11-5-7-17(8-6-11)13(19)20-14(2,3)4/h10-11,16H,5-9,15H2,1-4H3. The van der Waals surface area contributed by atoms with Gasteiger partial charge in [0.1, 0.15) is 5.60 Å². The van der Waals surface area contributed by atoms with Crippen molar-refractivity contribution in [2.24, 2.45) is 11.7 Å². The Hall–Kier alpha value is -0.790. The van der Waals surface area contributed by atoms with E-state index in [2.05, 4.69) is 4.72 Å². The molecule has 3 N–H and O–H groups in total. The van der Waals surface area contributed by atoms with E-state index in [1.54, 1.807) is 4.90 Å². The third kappa shape index (κ3) is 7.15. The number of ether oxygens (including phenoxy) is 1. The molecular formula is C14H27N3O3S. The van der Waals surface area contributed by atoms with Crippen molar-refractivity contribution in [3.05, 3.63) is 0 Å². The summed E-state index contributed by atoms with van der Waals surface area (Å²) in [5.74, 6) is 0.205. The predicted molar refractivity (Wildman–Crippen MR) is 84.8 cm³/mol. The maximum Gasteiger partial charge on any atom is 0.410 e. The highest BCUT2D eigenvalue weighted by molar-refractivity contribution is 7.97. The summed E-state index contributed by atoms with van der Waals surface area (Å²) in [6.07, 6.45) is 1.10. The molecule has 7 heteroatoms. The van der Waals surface area contributed by atoms with E-state index in [1.807, 2.05) is 27.7 Å². The highest BCUT2D eigenvalue weighted by Crippen LogP contribution is 2.20. The Balaban J connectivity index is 2.31. The van der Waals surface area contributed by atoms with E-state index in [1.165, 1.54) is 11.9 Å². The predicted octanol–water partition coefficient (Wildman–Crippen LogP) is 1.75. The summed E-state index contributed by atoms with van der Waals surface area (Å²) in [5, 5.41) is -0.0354. The van der Waals surface area contributed by atoms with Crippen LogP contribution in [0.1, 0.15) is 40.5 Å². The first-order chi connectivity index (χ1) is 9.69. The second-order valence-electron chi connectivity index (χ2n) is 6.35. The molecule has 1 rings (SSSR count). The largest absolute Gasteiger partial charge is 0.444 e. The molecule has 0 bridgehead atoms. The van der Waals surface area contributed by atoms with Gasteiger partial charge in [0, 0.05) is 19.0 Å². The van der Waals surface area contributed by atoms with E-state index >= 15 is 0 Å². The van der Waals surface area contributed by atoms with Crippen LogP contribution in [-0.2, 0) is 9.53 Å². The minimum absolute atomic E-state index is 0.0184. The molecule has 0 radical (unpaired) electrons. The lowest BCUT2D eigenvalue weighted by Gasteiger charge is -2.33.